The first-order chi connectivity index (χ1) is 6.14. The number of carbonyl (C=O) groups excluding carboxylic acids is 2. The molecule has 1 rings (SSSR count). The molecule has 0 bridgehead atoms. The van der Waals surface area contributed by atoms with E-state index in [4.69, 9.17) is 34.8 Å². The summed E-state index contributed by atoms with van der Waals surface area (Å²) in [5, 5.41) is -0.167. The van der Waals surface area contributed by atoms with E-state index >= 15 is 0 Å². The zero-order chi connectivity index (χ0) is 11.3. The van der Waals surface area contributed by atoms with Gasteiger partial charge in [0, 0.05) is 5.57 Å². The fourth-order valence-electron chi connectivity index (χ4n) is 1.30. The minimum absolute atomic E-state index is 0.167. The summed E-state index contributed by atoms with van der Waals surface area (Å²) >= 11 is 17.4. The van der Waals surface area contributed by atoms with E-state index in [0.717, 1.165) is 0 Å². The largest absolute Gasteiger partial charge is 0.294 e. The highest BCUT2D eigenvalue weighted by Crippen LogP contribution is 2.49. The third-order valence-corrected chi connectivity index (χ3v) is 4.25. The first-order valence-corrected chi connectivity index (χ1v) is 5.11. The van der Waals surface area contributed by atoms with Crippen molar-refractivity contribution in [3.8, 4) is 0 Å². The Bertz CT molecular complexity index is 319. The maximum absolute atomic E-state index is 11.8. The van der Waals surface area contributed by atoms with Crippen LogP contribution in [0, 0.1) is 5.41 Å². The topological polar surface area (TPSA) is 34.1 Å². The summed E-state index contributed by atoms with van der Waals surface area (Å²) in [6.45, 7) is 4.55. The predicted molar refractivity (Wildman–Crippen MR) is 56.8 cm³/mol. The van der Waals surface area contributed by atoms with Gasteiger partial charge in [0.05, 0.1) is 10.4 Å². The quantitative estimate of drug-likeness (QED) is 0.624. The Hall–Kier alpha value is -0.0500. The highest BCUT2D eigenvalue weighted by atomic mass is 35.5. The standard InChI is InChI=1S/C9H9Cl3O2/c1-4-5(10)7(14)9(11,12)8(2,3)6(4)13/h1-3H3. The van der Waals surface area contributed by atoms with E-state index < -0.39 is 15.5 Å². The molecule has 0 amide bonds. The van der Waals surface area contributed by atoms with E-state index in [-0.39, 0.29) is 16.4 Å². The third kappa shape index (κ3) is 1.32. The maximum Gasteiger partial charge on any atom is 0.211 e. The van der Waals surface area contributed by atoms with Crippen LogP contribution in [0.4, 0.5) is 0 Å². The van der Waals surface area contributed by atoms with Crippen LogP contribution in [0.3, 0.4) is 0 Å². The summed E-state index contributed by atoms with van der Waals surface area (Å²) in [6, 6.07) is 0. The molecule has 1 aliphatic rings. The summed E-state index contributed by atoms with van der Waals surface area (Å²) in [4.78, 5) is 23.4. The van der Waals surface area contributed by atoms with E-state index in [2.05, 4.69) is 0 Å². The number of hydrogen-bond donors (Lipinski definition) is 0. The predicted octanol–water partition coefficient (Wildman–Crippen LogP) is 2.85. The van der Waals surface area contributed by atoms with Gasteiger partial charge in [0.15, 0.2) is 10.1 Å². The number of carbonyl (C=O) groups is 2. The molecule has 0 aromatic heterocycles. The molecule has 0 saturated heterocycles. The monoisotopic (exact) mass is 254 g/mol. The molecule has 0 aromatic rings. The Kier molecular flexibility index (Phi) is 2.77. The summed E-state index contributed by atoms with van der Waals surface area (Å²) in [5.74, 6) is -0.906. The Morgan fingerprint density at radius 1 is 1.07 bits per heavy atom. The Morgan fingerprint density at radius 3 is 1.93 bits per heavy atom. The molecule has 1 aliphatic carbocycles. The molecule has 5 heteroatoms. The normalized spacial score (nSPS) is 25.6. The zero-order valence-corrected chi connectivity index (χ0v) is 10.2. The lowest BCUT2D eigenvalue weighted by Crippen LogP contribution is -2.51. The molecule has 0 N–H and O–H groups in total. The molecule has 0 radical (unpaired) electrons. The van der Waals surface area contributed by atoms with Gasteiger partial charge in [-0.2, -0.15) is 0 Å². The maximum atomic E-state index is 11.8. The second-order valence-corrected chi connectivity index (χ2v) is 5.50. The molecule has 78 valence electrons. The van der Waals surface area contributed by atoms with Gasteiger partial charge >= 0.3 is 0 Å². The average molecular weight is 256 g/mol. The van der Waals surface area contributed by atoms with Gasteiger partial charge in [0.2, 0.25) is 5.78 Å². The molecule has 0 aromatic carbocycles. The van der Waals surface area contributed by atoms with Gasteiger partial charge in [-0.05, 0) is 20.8 Å². The smallest absolute Gasteiger partial charge is 0.211 e. The van der Waals surface area contributed by atoms with Crippen LogP contribution in [0.2, 0.25) is 0 Å². The van der Waals surface area contributed by atoms with Gasteiger partial charge in [-0.25, -0.2) is 0 Å². The number of rotatable bonds is 0. The van der Waals surface area contributed by atoms with Crippen LogP contribution < -0.4 is 0 Å². The van der Waals surface area contributed by atoms with E-state index in [1.54, 1.807) is 0 Å². The lowest BCUT2D eigenvalue weighted by molar-refractivity contribution is -0.130. The van der Waals surface area contributed by atoms with Crippen molar-refractivity contribution in [2.24, 2.45) is 5.41 Å². The number of Topliss-reactive ketones (excluding diaryl/α,β-unsaturated/α-hetero) is 2. The zero-order valence-electron chi connectivity index (χ0n) is 7.95. The van der Waals surface area contributed by atoms with Crippen LogP contribution in [-0.2, 0) is 9.59 Å². The fraction of sp³-hybridized carbons (Fsp3) is 0.556. The van der Waals surface area contributed by atoms with Crippen molar-refractivity contribution in [1.29, 1.82) is 0 Å². The molecule has 0 heterocycles. The Balaban J connectivity index is 3.47. The van der Waals surface area contributed by atoms with Gasteiger partial charge in [-0.3, -0.25) is 9.59 Å². The van der Waals surface area contributed by atoms with Gasteiger partial charge in [0.1, 0.15) is 0 Å². The summed E-state index contributed by atoms with van der Waals surface area (Å²) in [6.07, 6.45) is 0. The van der Waals surface area contributed by atoms with Gasteiger partial charge in [-0.15, -0.1) is 0 Å². The average Bonchev–Trinajstić information content (AvgIpc) is 2.10. The minimum Gasteiger partial charge on any atom is -0.294 e. The van der Waals surface area contributed by atoms with E-state index in [1.165, 1.54) is 20.8 Å². The lowest BCUT2D eigenvalue weighted by atomic mass is 9.75. The van der Waals surface area contributed by atoms with Gasteiger partial charge < -0.3 is 0 Å². The number of alkyl halides is 2. The van der Waals surface area contributed by atoms with Crippen molar-refractivity contribution in [2.45, 2.75) is 25.1 Å². The van der Waals surface area contributed by atoms with Crippen LogP contribution in [0.5, 0.6) is 0 Å². The molecular formula is C9H9Cl3O2. The molecule has 0 saturated carbocycles. The van der Waals surface area contributed by atoms with Crippen molar-refractivity contribution in [3.05, 3.63) is 10.6 Å². The Morgan fingerprint density at radius 2 is 1.50 bits per heavy atom. The molecule has 0 atom stereocenters. The highest BCUT2D eigenvalue weighted by molar-refractivity contribution is 6.67. The highest BCUT2D eigenvalue weighted by Gasteiger charge is 2.57. The molecule has 2 nitrogen and oxygen atoms in total. The SMILES string of the molecule is CC1=C(Cl)C(=O)C(Cl)(Cl)C(C)(C)C1=O. The van der Waals surface area contributed by atoms with Crippen LogP contribution in [0.1, 0.15) is 20.8 Å². The summed E-state index contributed by atoms with van der Waals surface area (Å²) in [7, 11) is 0. The number of hydrogen-bond acceptors (Lipinski definition) is 2. The second-order valence-electron chi connectivity index (χ2n) is 3.80. The van der Waals surface area contributed by atoms with Crippen molar-refractivity contribution in [2.75, 3.05) is 0 Å². The van der Waals surface area contributed by atoms with Crippen molar-refractivity contribution in [3.63, 3.8) is 0 Å². The van der Waals surface area contributed by atoms with Crippen LogP contribution in [0.15, 0.2) is 10.6 Å². The molecule has 0 fully saturated rings. The number of ketones is 2. The van der Waals surface area contributed by atoms with Crippen LogP contribution in [-0.4, -0.2) is 15.9 Å². The van der Waals surface area contributed by atoms with Crippen LogP contribution in [0.25, 0.3) is 0 Å². The molecule has 0 unspecified atom stereocenters. The molecular weight excluding hydrogens is 246 g/mol. The molecule has 0 aliphatic heterocycles. The van der Waals surface area contributed by atoms with Crippen LogP contribution >= 0.6 is 34.8 Å². The van der Waals surface area contributed by atoms with Crippen molar-refractivity contribution >= 4 is 46.4 Å². The molecule has 14 heavy (non-hydrogen) atoms. The van der Waals surface area contributed by atoms with E-state index in [9.17, 15) is 9.59 Å². The second kappa shape index (κ2) is 3.22. The van der Waals surface area contributed by atoms with Crippen molar-refractivity contribution in [1.82, 2.24) is 0 Å². The van der Waals surface area contributed by atoms with E-state index in [0.29, 0.717) is 0 Å². The number of allylic oxidation sites excluding steroid dienone is 2. The van der Waals surface area contributed by atoms with Gasteiger partial charge in [0.25, 0.3) is 0 Å². The van der Waals surface area contributed by atoms with Crippen molar-refractivity contribution < 1.29 is 9.59 Å². The Labute approximate surface area is 97.2 Å². The first-order valence-electron chi connectivity index (χ1n) is 3.98. The van der Waals surface area contributed by atoms with E-state index in [1.807, 2.05) is 0 Å². The van der Waals surface area contributed by atoms with Gasteiger partial charge in [-0.1, -0.05) is 34.8 Å². The fourth-order valence-corrected chi connectivity index (χ4v) is 1.99. The minimum atomic E-state index is -1.78. The summed E-state index contributed by atoms with van der Waals surface area (Å²) in [5.41, 5.74) is -0.922. The summed E-state index contributed by atoms with van der Waals surface area (Å²) < 4.78 is -1.78. The molecule has 0 spiro atoms. The number of halogens is 3. The lowest BCUT2D eigenvalue weighted by Gasteiger charge is -2.38. The first kappa shape index (κ1) is 12.0. The third-order valence-electron chi connectivity index (χ3n) is 2.51.